The maximum absolute atomic E-state index is 13.1. The number of carbonyl (C=O) groups is 2. The number of benzene rings is 2. The Morgan fingerprint density at radius 2 is 1.61 bits per heavy atom. The Morgan fingerprint density at radius 1 is 0.976 bits per heavy atom. The highest BCUT2D eigenvalue weighted by Crippen LogP contribution is 2.29. The summed E-state index contributed by atoms with van der Waals surface area (Å²) in [6.45, 7) is 8.75. The smallest absolute Gasteiger partial charge is 0.475 e. The number of hydrogen-bond donors (Lipinski definition) is 2. The summed E-state index contributed by atoms with van der Waals surface area (Å²) in [6, 6.07) is 17.5. The maximum atomic E-state index is 13.1. The molecule has 0 radical (unpaired) electrons. The lowest BCUT2D eigenvalue weighted by molar-refractivity contribution is -0.192. The first-order valence-corrected chi connectivity index (χ1v) is 14.5. The van der Waals surface area contributed by atoms with Crippen LogP contribution in [0.1, 0.15) is 63.5 Å². The van der Waals surface area contributed by atoms with E-state index in [1.807, 2.05) is 0 Å². The molecule has 2 N–H and O–H groups in total. The zero-order valence-electron chi connectivity index (χ0n) is 24.8. The van der Waals surface area contributed by atoms with Crippen molar-refractivity contribution in [2.24, 2.45) is 11.8 Å². The molecular weight excluding hydrogens is 531 g/mol. The molecule has 0 aromatic heterocycles. The van der Waals surface area contributed by atoms with E-state index in [0.29, 0.717) is 24.8 Å². The fourth-order valence-corrected chi connectivity index (χ4v) is 4.79. The summed E-state index contributed by atoms with van der Waals surface area (Å²) in [6.07, 6.45) is 1.94. The average Bonchev–Trinajstić information content (AvgIpc) is 3.43. The number of alkyl halides is 3. The van der Waals surface area contributed by atoms with E-state index in [9.17, 15) is 18.0 Å². The van der Waals surface area contributed by atoms with E-state index in [0.717, 1.165) is 38.5 Å². The first kappa shape index (κ1) is 34.3. The van der Waals surface area contributed by atoms with Gasteiger partial charge in [0.2, 0.25) is 5.91 Å². The molecule has 1 amide bonds. The van der Waals surface area contributed by atoms with Gasteiger partial charge >= 0.3 is 12.1 Å². The summed E-state index contributed by atoms with van der Waals surface area (Å²) in [5.41, 5.74) is 4.95. The van der Waals surface area contributed by atoms with Crippen LogP contribution >= 0.6 is 0 Å². The van der Waals surface area contributed by atoms with Gasteiger partial charge in [0.15, 0.2) is 0 Å². The summed E-state index contributed by atoms with van der Waals surface area (Å²) in [5, 5.41) is 10.6. The minimum Gasteiger partial charge on any atom is -0.475 e. The van der Waals surface area contributed by atoms with Crippen molar-refractivity contribution in [1.29, 1.82) is 0 Å². The molecule has 0 unspecified atom stereocenters. The number of carboxylic acids is 1. The normalized spacial score (nSPS) is 13.8. The van der Waals surface area contributed by atoms with Gasteiger partial charge in [0.25, 0.3) is 0 Å². The van der Waals surface area contributed by atoms with Gasteiger partial charge in [-0.05, 0) is 67.2 Å². The molecule has 1 saturated carbocycles. The van der Waals surface area contributed by atoms with Gasteiger partial charge in [0.05, 0.1) is 0 Å². The molecule has 0 saturated heterocycles. The molecular formula is C32H46F3N3O3. The molecule has 3 rings (SSSR count). The predicted octanol–water partition coefficient (Wildman–Crippen LogP) is 6.59. The van der Waals surface area contributed by atoms with Gasteiger partial charge in [0.1, 0.15) is 0 Å². The second-order valence-electron chi connectivity index (χ2n) is 11.5. The number of nitrogens with zero attached hydrogens (tertiary/aromatic N) is 2. The third-order valence-corrected chi connectivity index (χ3v) is 7.12. The number of amides is 1. The topological polar surface area (TPSA) is 72.9 Å². The summed E-state index contributed by atoms with van der Waals surface area (Å²) in [7, 11) is 4.15. The van der Waals surface area contributed by atoms with Crippen LogP contribution in [-0.4, -0.2) is 66.7 Å². The molecule has 2 aromatic carbocycles. The van der Waals surface area contributed by atoms with Crippen molar-refractivity contribution in [2.45, 2.75) is 71.6 Å². The van der Waals surface area contributed by atoms with Crippen LogP contribution in [0.2, 0.25) is 0 Å². The van der Waals surface area contributed by atoms with Crippen LogP contribution in [0.3, 0.4) is 0 Å². The Bertz CT molecular complexity index is 1070. The lowest BCUT2D eigenvalue weighted by atomic mass is 10.0. The number of hydrogen-bond acceptors (Lipinski definition) is 4. The van der Waals surface area contributed by atoms with Gasteiger partial charge in [-0.15, -0.1) is 0 Å². The quantitative estimate of drug-likeness (QED) is 0.281. The number of likely N-dealkylation sites (N-methyl/N-ethyl adjacent to an activating group) is 1. The molecule has 228 valence electrons. The number of carboxylic acid groups (broad SMARTS) is 1. The average molecular weight is 578 g/mol. The Kier molecular flexibility index (Phi) is 14.3. The van der Waals surface area contributed by atoms with Crippen LogP contribution in [0.4, 0.5) is 13.2 Å². The monoisotopic (exact) mass is 577 g/mol. The maximum Gasteiger partial charge on any atom is 0.490 e. The van der Waals surface area contributed by atoms with Crippen LogP contribution in [0.5, 0.6) is 0 Å². The Balaban J connectivity index is 0.000000745. The van der Waals surface area contributed by atoms with Gasteiger partial charge < -0.3 is 20.2 Å². The Labute approximate surface area is 242 Å². The van der Waals surface area contributed by atoms with Crippen molar-refractivity contribution < 1.29 is 27.9 Å². The highest BCUT2D eigenvalue weighted by atomic mass is 19.4. The Morgan fingerprint density at radius 3 is 2.17 bits per heavy atom. The van der Waals surface area contributed by atoms with E-state index in [1.54, 1.807) is 0 Å². The SMILES string of the molecule is CC(C)CNCc1ccc(-c2cccc(CN(CCN(C)C)C(=O)CCC3CCCC3)c2)cc1.O=C(O)C(F)(F)F. The molecule has 2 aromatic rings. The Hall–Kier alpha value is -2.91. The van der Waals surface area contributed by atoms with Crippen LogP contribution < -0.4 is 5.32 Å². The van der Waals surface area contributed by atoms with Crippen molar-refractivity contribution >= 4 is 11.9 Å². The summed E-state index contributed by atoms with van der Waals surface area (Å²) < 4.78 is 31.7. The minimum atomic E-state index is -5.08. The molecule has 0 heterocycles. The largest absolute Gasteiger partial charge is 0.490 e. The minimum absolute atomic E-state index is 0.303. The number of aliphatic carboxylic acids is 1. The third-order valence-electron chi connectivity index (χ3n) is 7.12. The second-order valence-corrected chi connectivity index (χ2v) is 11.5. The fourth-order valence-electron chi connectivity index (χ4n) is 4.79. The number of rotatable bonds is 13. The third kappa shape index (κ3) is 13.5. The van der Waals surface area contributed by atoms with Gasteiger partial charge in [0, 0.05) is 32.6 Å². The van der Waals surface area contributed by atoms with Crippen LogP contribution in [0, 0.1) is 11.8 Å². The summed E-state index contributed by atoms with van der Waals surface area (Å²) in [5.74, 6) is -1.04. The van der Waals surface area contributed by atoms with Crippen molar-refractivity contribution in [2.75, 3.05) is 33.7 Å². The van der Waals surface area contributed by atoms with Crippen molar-refractivity contribution in [3.8, 4) is 11.1 Å². The molecule has 41 heavy (non-hydrogen) atoms. The van der Waals surface area contributed by atoms with Gasteiger partial charge in [-0.3, -0.25) is 4.79 Å². The van der Waals surface area contributed by atoms with Crippen molar-refractivity contribution in [1.82, 2.24) is 15.1 Å². The lowest BCUT2D eigenvalue weighted by Gasteiger charge is -2.25. The zero-order valence-corrected chi connectivity index (χ0v) is 24.8. The van der Waals surface area contributed by atoms with Gasteiger partial charge in [-0.2, -0.15) is 13.2 Å². The van der Waals surface area contributed by atoms with E-state index in [2.05, 4.69) is 91.6 Å². The second kappa shape index (κ2) is 17.1. The van der Waals surface area contributed by atoms with Crippen molar-refractivity contribution in [3.63, 3.8) is 0 Å². The van der Waals surface area contributed by atoms with Gasteiger partial charge in [-0.25, -0.2) is 4.79 Å². The predicted molar refractivity (Wildman–Crippen MR) is 157 cm³/mol. The molecule has 9 heteroatoms. The molecule has 0 aliphatic heterocycles. The van der Waals surface area contributed by atoms with E-state index in [-0.39, 0.29) is 0 Å². The molecule has 1 aliphatic carbocycles. The first-order chi connectivity index (χ1) is 19.3. The standard InChI is InChI=1S/C30H45N3O.C2HF3O2/c1-24(2)21-31-22-26-12-15-28(16-13-26)29-11-7-10-27(20-29)23-33(19-18-32(3)4)30(34)17-14-25-8-5-6-9-25;3-2(4,5)1(6)7/h7,10-13,15-16,20,24-25,31H,5-6,8-9,14,17-19,21-23H2,1-4H3;(H,6,7). The molecule has 0 atom stereocenters. The summed E-state index contributed by atoms with van der Waals surface area (Å²) in [4.78, 5) is 26.3. The van der Waals surface area contributed by atoms with E-state index < -0.39 is 12.1 Å². The molecule has 1 fully saturated rings. The zero-order chi connectivity index (χ0) is 30.4. The van der Waals surface area contributed by atoms with E-state index in [4.69, 9.17) is 9.90 Å². The highest BCUT2D eigenvalue weighted by Gasteiger charge is 2.38. The molecule has 0 spiro atoms. The molecule has 1 aliphatic rings. The van der Waals surface area contributed by atoms with Crippen LogP contribution in [0.25, 0.3) is 11.1 Å². The fraction of sp³-hybridized carbons (Fsp3) is 0.562. The van der Waals surface area contributed by atoms with Crippen LogP contribution in [-0.2, 0) is 22.7 Å². The number of nitrogens with one attached hydrogen (secondary N) is 1. The van der Waals surface area contributed by atoms with Crippen molar-refractivity contribution in [3.05, 3.63) is 59.7 Å². The highest BCUT2D eigenvalue weighted by molar-refractivity contribution is 5.76. The van der Waals surface area contributed by atoms with E-state index in [1.165, 1.54) is 47.9 Å². The number of halogens is 3. The van der Waals surface area contributed by atoms with E-state index >= 15 is 0 Å². The number of carbonyl (C=O) groups excluding carboxylic acids is 1. The molecule has 0 bridgehead atoms. The first-order valence-electron chi connectivity index (χ1n) is 14.5. The summed E-state index contributed by atoms with van der Waals surface area (Å²) >= 11 is 0. The molecule has 6 nitrogen and oxygen atoms in total. The lowest BCUT2D eigenvalue weighted by Crippen LogP contribution is -2.36. The van der Waals surface area contributed by atoms with Crippen LogP contribution in [0.15, 0.2) is 48.5 Å². The van der Waals surface area contributed by atoms with Gasteiger partial charge in [-0.1, -0.05) is 82.0 Å².